The van der Waals surface area contributed by atoms with Crippen LogP contribution in [0.15, 0.2) is 34.5 Å². The van der Waals surface area contributed by atoms with Gasteiger partial charge in [0, 0.05) is 18.0 Å². The van der Waals surface area contributed by atoms with E-state index in [2.05, 4.69) is 10.2 Å². The van der Waals surface area contributed by atoms with Crippen LogP contribution >= 0.6 is 0 Å². The fourth-order valence-corrected chi connectivity index (χ4v) is 1.23. The summed E-state index contributed by atoms with van der Waals surface area (Å²) in [4.78, 5) is 11.9. The zero-order valence-electron chi connectivity index (χ0n) is 9.61. The normalized spacial score (nSPS) is 12.0. The predicted molar refractivity (Wildman–Crippen MR) is 60.7 cm³/mol. The van der Waals surface area contributed by atoms with Gasteiger partial charge in [0.15, 0.2) is 5.78 Å². The molecule has 0 unspecified atom stereocenters. The first kappa shape index (κ1) is 11.6. The summed E-state index contributed by atoms with van der Waals surface area (Å²) in [6, 6.07) is 7.17. The van der Waals surface area contributed by atoms with Gasteiger partial charge in [-0.05, 0) is 24.3 Å². The van der Waals surface area contributed by atoms with Crippen molar-refractivity contribution in [1.29, 1.82) is 0 Å². The van der Waals surface area contributed by atoms with E-state index >= 15 is 0 Å². The highest BCUT2D eigenvalue weighted by Gasteiger charge is 2.22. The minimum atomic E-state index is -0.339. The molecule has 1 aromatic rings. The third-order valence-corrected chi connectivity index (χ3v) is 2.03. The van der Waals surface area contributed by atoms with Crippen LogP contribution in [0.2, 0.25) is 0 Å². The average Bonchev–Trinajstić information content (AvgIpc) is 2.17. The van der Waals surface area contributed by atoms with Crippen molar-refractivity contribution in [3.8, 4) is 0 Å². The fraction of sp³-hybridized carbons (Fsp3) is 0.417. The Balaban J connectivity index is 2.94. The molecule has 15 heavy (non-hydrogen) atoms. The molecule has 0 saturated carbocycles. The van der Waals surface area contributed by atoms with Crippen LogP contribution in [0.5, 0.6) is 0 Å². The van der Waals surface area contributed by atoms with E-state index in [1.165, 1.54) is 0 Å². The van der Waals surface area contributed by atoms with E-state index in [1.807, 2.05) is 20.8 Å². The molecule has 0 aliphatic carbocycles. The van der Waals surface area contributed by atoms with E-state index in [1.54, 1.807) is 31.3 Å². The van der Waals surface area contributed by atoms with Crippen molar-refractivity contribution >= 4 is 11.5 Å². The number of carbonyl (C=O) groups is 1. The smallest absolute Gasteiger partial charge is 0.168 e. The second kappa shape index (κ2) is 4.34. The molecule has 0 heterocycles. The summed E-state index contributed by atoms with van der Waals surface area (Å²) in [5, 5.41) is 7.55. The van der Waals surface area contributed by atoms with Crippen LogP contribution in [-0.4, -0.2) is 12.8 Å². The number of ketones is 1. The van der Waals surface area contributed by atoms with Gasteiger partial charge in [0.2, 0.25) is 0 Å². The standard InChI is InChI=1S/C12H16N2O/c1-12(2,3)11(15)9-5-7-10(8-6-9)14-13-4/h5-8H,1-4H3/b14-13+. The van der Waals surface area contributed by atoms with E-state index < -0.39 is 0 Å². The van der Waals surface area contributed by atoms with Crippen LogP contribution < -0.4 is 0 Å². The third-order valence-electron chi connectivity index (χ3n) is 2.03. The van der Waals surface area contributed by atoms with Crippen LogP contribution in [0.25, 0.3) is 0 Å². The van der Waals surface area contributed by atoms with Gasteiger partial charge >= 0.3 is 0 Å². The Morgan fingerprint density at radius 3 is 2.07 bits per heavy atom. The van der Waals surface area contributed by atoms with E-state index in [-0.39, 0.29) is 11.2 Å². The first-order valence-corrected chi connectivity index (χ1v) is 4.90. The van der Waals surface area contributed by atoms with Crippen LogP contribution in [-0.2, 0) is 0 Å². The predicted octanol–water partition coefficient (Wildman–Crippen LogP) is 3.63. The third kappa shape index (κ3) is 2.98. The number of azo groups is 1. The first-order chi connectivity index (χ1) is 6.95. The van der Waals surface area contributed by atoms with Gasteiger partial charge in [-0.1, -0.05) is 20.8 Å². The van der Waals surface area contributed by atoms with E-state index in [0.29, 0.717) is 0 Å². The summed E-state index contributed by atoms with van der Waals surface area (Å²) in [6.07, 6.45) is 0. The molecule has 0 aliphatic rings. The molecule has 0 spiro atoms. The van der Waals surface area contributed by atoms with E-state index in [9.17, 15) is 4.79 Å². The van der Waals surface area contributed by atoms with E-state index in [0.717, 1.165) is 11.3 Å². The van der Waals surface area contributed by atoms with Crippen molar-refractivity contribution in [2.24, 2.45) is 15.6 Å². The van der Waals surface area contributed by atoms with Crippen LogP contribution in [0, 0.1) is 5.41 Å². The van der Waals surface area contributed by atoms with Crippen molar-refractivity contribution in [3.63, 3.8) is 0 Å². The summed E-state index contributed by atoms with van der Waals surface area (Å²) in [7, 11) is 1.62. The lowest BCUT2D eigenvalue weighted by Crippen LogP contribution is -2.19. The molecule has 1 rings (SSSR count). The zero-order chi connectivity index (χ0) is 11.5. The monoisotopic (exact) mass is 204 g/mol. The summed E-state index contributed by atoms with van der Waals surface area (Å²) in [5.74, 6) is 0.141. The van der Waals surface area contributed by atoms with Crippen molar-refractivity contribution in [2.75, 3.05) is 7.05 Å². The molecular weight excluding hydrogens is 188 g/mol. The second-order valence-corrected chi connectivity index (χ2v) is 4.43. The van der Waals surface area contributed by atoms with Gasteiger partial charge < -0.3 is 0 Å². The van der Waals surface area contributed by atoms with Crippen LogP contribution in [0.4, 0.5) is 5.69 Å². The maximum absolute atomic E-state index is 11.9. The van der Waals surface area contributed by atoms with Gasteiger partial charge in [-0.15, -0.1) is 0 Å². The summed E-state index contributed by atoms with van der Waals surface area (Å²) in [5.41, 5.74) is 1.15. The van der Waals surface area contributed by atoms with Gasteiger partial charge in [0.05, 0.1) is 5.69 Å². The summed E-state index contributed by atoms with van der Waals surface area (Å²) < 4.78 is 0. The number of Topliss-reactive ketones (excluding diaryl/α,β-unsaturated/α-hetero) is 1. The number of hydrogen-bond donors (Lipinski definition) is 0. The number of hydrogen-bond acceptors (Lipinski definition) is 3. The Bertz CT molecular complexity index is 372. The lowest BCUT2D eigenvalue weighted by atomic mass is 9.86. The van der Waals surface area contributed by atoms with Crippen molar-refractivity contribution in [3.05, 3.63) is 29.8 Å². The Labute approximate surface area is 90.2 Å². The molecule has 0 amide bonds. The molecule has 0 saturated heterocycles. The second-order valence-electron chi connectivity index (χ2n) is 4.43. The molecule has 80 valence electrons. The van der Waals surface area contributed by atoms with Crippen LogP contribution in [0.3, 0.4) is 0 Å². The van der Waals surface area contributed by atoms with Gasteiger partial charge in [-0.2, -0.15) is 10.2 Å². The zero-order valence-corrected chi connectivity index (χ0v) is 9.61. The van der Waals surface area contributed by atoms with Crippen molar-refractivity contribution in [1.82, 2.24) is 0 Å². The van der Waals surface area contributed by atoms with Crippen molar-refractivity contribution < 1.29 is 4.79 Å². The summed E-state index contributed by atoms with van der Waals surface area (Å²) >= 11 is 0. The van der Waals surface area contributed by atoms with Gasteiger partial charge in [0.1, 0.15) is 0 Å². The Hall–Kier alpha value is -1.51. The quantitative estimate of drug-likeness (QED) is 0.535. The molecule has 0 aromatic heterocycles. The van der Waals surface area contributed by atoms with Crippen molar-refractivity contribution in [2.45, 2.75) is 20.8 Å². The summed E-state index contributed by atoms with van der Waals surface area (Å²) in [6.45, 7) is 5.74. The molecule has 0 aliphatic heterocycles. The fourth-order valence-electron chi connectivity index (χ4n) is 1.23. The minimum absolute atomic E-state index is 0.141. The van der Waals surface area contributed by atoms with Gasteiger partial charge in [-0.3, -0.25) is 4.79 Å². The average molecular weight is 204 g/mol. The molecule has 1 aromatic carbocycles. The molecule has 0 atom stereocenters. The molecule has 3 heteroatoms. The SMILES string of the molecule is C/N=N/c1ccc(C(=O)C(C)(C)C)cc1. The Kier molecular flexibility index (Phi) is 3.35. The minimum Gasteiger partial charge on any atom is -0.294 e. The molecule has 3 nitrogen and oxygen atoms in total. The maximum Gasteiger partial charge on any atom is 0.168 e. The topological polar surface area (TPSA) is 41.8 Å². The maximum atomic E-state index is 11.9. The molecule has 0 radical (unpaired) electrons. The highest BCUT2D eigenvalue weighted by atomic mass is 16.1. The number of rotatable bonds is 2. The number of benzene rings is 1. The highest BCUT2D eigenvalue weighted by molar-refractivity contribution is 5.99. The molecular formula is C12H16N2O. The Morgan fingerprint density at radius 2 is 1.67 bits per heavy atom. The molecule has 0 bridgehead atoms. The highest BCUT2D eigenvalue weighted by Crippen LogP contribution is 2.22. The lowest BCUT2D eigenvalue weighted by molar-refractivity contribution is 0.0858. The Morgan fingerprint density at radius 1 is 1.13 bits per heavy atom. The largest absolute Gasteiger partial charge is 0.294 e. The van der Waals surface area contributed by atoms with Gasteiger partial charge in [-0.25, -0.2) is 0 Å². The van der Waals surface area contributed by atoms with E-state index in [4.69, 9.17) is 0 Å². The van der Waals surface area contributed by atoms with Crippen LogP contribution in [0.1, 0.15) is 31.1 Å². The number of nitrogens with zero attached hydrogens (tertiary/aromatic N) is 2. The lowest BCUT2D eigenvalue weighted by Gasteiger charge is -2.16. The first-order valence-electron chi connectivity index (χ1n) is 4.90. The number of carbonyl (C=O) groups excluding carboxylic acids is 1. The molecule has 0 fully saturated rings. The molecule has 0 N–H and O–H groups in total. The van der Waals surface area contributed by atoms with Gasteiger partial charge in [0.25, 0.3) is 0 Å².